The molecule has 1 aromatic carbocycles. The maximum absolute atomic E-state index is 13.1. The number of thiophene rings is 2. The molecule has 0 spiro atoms. The maximum atomic E-state index is 13.1. The van der Waals surface area contributed by atoms with Crippen molar-refractivity contribution in [1.29, 1.82) is 0 Å². The quantitative estimate of drug-likeness (QED) is 0.579. The van der Waals surface area contributed by atoms with Gasteiger partial charge in [-0.15, -0.1) is 22.7 Å². The normalized spacial score (nSPS) is 17.8. The number of carbonyl (C=O) groups excluding carboxylic acids is 1. The number of sulfonamides is 1. The highest BCUT2D eigenvalue weighted by atomic mass is 32.2. The number of nitrogens with one attached hydrogen (secondary N) is 1. The van der Waals surface area contributed by atoms with Gasteiger partial charge in [0.1, 0.15) is 4.21 Å². The minimum atomic E-state index is -3.45. The van der Waals surface area contributed by atoms with E-state index in [-0.39, 0.29) is 11.8 Å². The van der Waals surface area contributed by atoms with E-state index in [0.29, 0.717) is 30.1 Å². The van der Waals surface area contributed by atoms with Gasteiger partial charge < -0.3 is 10.2 Å². The summed E-state index contributed by atoms with van der Waals surface area (Å²) in [5.74, 6) is -0.221. The summed E-state index contributed by atoms with van der Waals surface area (Å²) in [6.07, 6.45) is 2.08. The third kappa shape index (κ3) is 4.22. The van der Waals surface area contributed by atoms with Gasteiger partial charge in [0.2, 0.25) is 5.91 Å². The number of hydrogen-bond donors (Lipinski definition) is 1. The molecule has 0 atom stereocenters. The van der Waals surface area contributed by atoms with Crippen LogP contribution in [-0.2, 0) is 27.8 Å². The van der Waals surface area contributed by atoms with Crippen molar-refractivity contribution >= 4 is 50.0 Å². The lowest BCUT2D eigenvalue weighted by Crippen LogP contribution is -2.41. The van der Waals surface area contributed by atoms with Crippen molar-refractivity contribution in [3.05, 3.63) is 63.7 Å². The van der Waals surface area contributed by atoms with E-state index in [4.69, 9.17) is 0 Å². The van der Waals surface area contributed by atoms with Crippen LogP contribution in [0.2, 0.25) is 0 Å². The van der Waals surface area contributed by atoms with Gasteiger partial charge in [-0.05, 0) is 59.9 Å². The maximum Gasteiger partial charge on any atom is 0.252 e. The third-order valence-corrected chi connectivity index (χ3v) is 10.5. The Morgan fingerprint density at radius 2 is 1.78 bits per heavy atom. The highest BCUT2D eigenvalue weighted by Crippen LogP contribution is 2.33. The van der Waals surface area contributed by atoms with Crippen LogP contribution in [0.4, 0.5) is 11.4 Å². The molecule has 0 radical (unpaired) electrons. The van der Waals surface area contributed by atoms with E-state index >= 15 is 0 Å². The van der Waals surface area contributed by atoms with Crippen LogP contribution in [0.15, 0.2) is 57.4 Å². The lowest BCUT2D eigenvalue weighted by molar-refractivity contribution is -0.120. The average molecular weight is 488 g/mol. The van der Waals surface area contributed by atoms with Crippen molar-refractivity contribution < 1.29 is 13.2 Å². The highest BCUT2D eigenvalue weighted by Gasteiger charge is 2.33. The van der Waals surface area contributed by atoms with Gasteiger partial charge in [0.15, 0.2) is 0 Å². The molecule has 1 N–H and O–H groups in total. The van der Waals surface area contributed by atoms with Crippen LogP contribution < -0.4 is 10.2 Å². The SMILES string of the molecule is O=C(Nc1ccccc1N1CCc2sccc2C1)C1CCN(S(=O)(=O)c2cccs2)CC1. The Morgan fingerprint density at radius 1 is 0.969 bits per heavy atom. The first-order valence-electron chi connectivity index (χ1n) is 10.8. The lowest BCUT2D eigenvalue weighted by Gasteiger charge is -2.32. The van der Waals surface area contributed by atoms with Gasteiger partial charge in [0.05, 0.1) is 11.4 Å². The zero-order valence-corrected chi connectivity index (χ0v) is 20.0. The second-order valence-electron chi connectivity index (χ2n) is 8.16. The largest absolute Gasteiger partial charge is 0.365 e. The Bertz CT molecular complexity index is 1200. The predicted octanol–water partition coefficient (Wildman–Crippen LogP) is 4.41. The number of anilines is 2. The third-order valence-electron chi connectivity index (χ3n) is 6.22. The first kappa shape index (κ1) is 21.6. The molecule has 6 nitrogen and oxygen atoms in total. The Labute approximate surface area is 196 Å². The van der Waals surface area contributed by atoms with Crippen LogP contribution in [-0.4, -0.2) is 38.3 Å². The molecule has 2 aliphatic heterocycles. The number of amides is 1. The number of carbonyl (C=O) groups is 1. The number of rotatable bonds is 5. The van der Waals surface area contributed by atoms with E-state index in [1.165, 1.54) is 26.1 Å². The molecule has 0 aliphatic carbocycles. The van der Waals surface area contributed by atoms with E-state index < -0.39 is 10.0 Å². The van der Waals surface area contributed by atoms with Crippen LogP contribution in [0.1, 0.15) is 23.3 Å². The van der Waals surface area contributed by atoms with Crippen LogP contribution in [0.3, 0.4) is 0 Å². The number of hydrogen-bond acceptors (Lipinski definition) is 6. The number of nitrogens with zero attached hydrogens (tertiary/aromatic N) is 2. The van der Waals surface area contributed by atoms with E-state index in [0.717, 1.165) is 30.9 Å². The molecule has 0 unspecified atom stereocenters. The van der Waals surface area contributed by atoms with Crippen molar-refractivity contribution in [2.24, 2.45) is 5.92 Å². The average Bonchev–Trinajstić information content (AvgIpc) is 3.51. The fourth-order valence-corrected chi connectivity index (χ4v) is 7.94. The van der Waals surface area contributed by atoms with Crippen LogP contribution >= 0.6 is 22.7 Å². The van der Waals surface area contributed by atoms with E-state index in [1.807, 2.05) is 29.5 Å². The van der Waals surface area contributed by atoms with Gasteiger partial charge in [0, 0.05) is 37.0 Å². The summed E-state index contributed by atoms with van der Waals surface area (Å²) in [4.78, 5) is 16.8. The molecule has 5 rings (SSSR count). The summed E-state index contributed by atoms with van der Waals surface area (Å²) in [6.45, 7) is 2.52. The summed E-state index contributed by atoms with van der Waals surface area (Å²) < 4.78 is 27.3. The molecule has 0 bridgehead atoms. The van der Waals surface area contributed by atoms with Gasteiger partial charge in [0.25, 0.3) is 10.0 Å². The highest BCUT2D eigenvalue weighted by molar-refractivity contribution is 7.91. The minimum absolute atomic E-state index is 0.0288. The first-order valence-corrected chi connectivity index (χ1v) is 14.0. The van der Waals surface area contributed by atoms with Gasteiger partial charge in [-0.25, -0.2) is 8.42 Å². The van der Waals surface area contributed by atoms with Crippen LogP contribution in [0, 0.1) is 5.92 Å². The second kappa shape index (κ2) is 8.97. The summed E-state index contributed by atoms with van der Waals surface area (Å²) in [6, 6.07) is 13.5. The zero-order chi connectivity index (χ0) is 22.1. The molecule has 1 amide bonds. The number of piperidine rings is 1. The van der Waals surface area contributed by atoms with Crippen molar-refractivity contribution in [1.82, 2.24) is 4.31 Å². The topological polar surface area (TPSA) is 69.7 Å². The predicted molar refractivity (Wildman–Crippen MR) is 130 cm³/mol. The molecule has 32 heavy (non-hydrogen) atoms. The zero-order valence-electron chi connectivity index (χ0n) is 17.6. The van der Waals surface area contributed by atoms with Gasteiger partial charge in [-0.3, -0.25) is 4.79 Å². The van der Waals surface area contributed by atoms with Crippen LogP contribution in [0.25, 0.3) is 0 Å². The first-order chi connectivity index (χ1) is 15.5. The molecule has 0 saturated carbocycles. The molecule has 2 aliphatic rings. The number of fused-ring (bicyclic) bond motifs is 1. The monoisotopic (exact) mass is 487 g/mol. The molecular weight excluding hydrogens is 462 g/mol. The van der Waals surface area contributed by atoms with Crippen molar-refractivity contribution in [2.75, 3.05) is 29.9 Å². The smallest absolute Gasteiger partial charge is 0.252 e. The second-order valence-corrected chi connectivity index (χ2v) is 12.3. The standard InChI is InChI=1S/C23H25N3O3S3/c27-23(17-7-12-26(13-8-17)32(28,29)22-6-3-14-31-22)24-19-4-1-2-5-20(19)25-11-9-21-18(16-25)10-15-30-21/h1-6,10,14-15,17H,7-9,11-13,16H2,(H,24,27). The minimum Gasteiger partial charge on any atom is -0.365 e. The molecule has 2 aromatic heterocycles. The molecule has 1 fully saturated rings. The van der Waals surface area contributed by atoms with Gasteiger partial charge in [-0.1, -0.05) is 18.2 Å². The molecular formula is C23H25N3O3S3. The lowest BCUT2D eigenvalue weighted by atomic mass is 9.97. The fraction of sp³-hybridized carbons (Fsp3) is 0.348. The van der Waals surface area contributed by atoms with Gasteiger partial charge >= 0.3 is 0 Å². The van der Waals surface area contributed by atoms with E-state index in [9.17, 15) is 13.2 Å². The Kier molecular flexibility index (Phi) is 6.07. The van der Waals surface area contributed by atoms with Crippen molar-refractivity contribution in [2.45, 2.75) is 30.0 Å². The molecule has 1 saturated heterocycles. The summed E-state index contributed by atoms with van der Waals surface area (Å²) in [7, 11) is -3.45. The van der Waals surface area contributed by atoms with Crippen molar-refractivity contribution in [3.63, 3.8) is 0 Å². The van der Waals surface area contributed by atoms with E-state index in [1.54, 1.807) is 17.5 Å². The summed E-state index contributed by atoms with van der Waals surface area (Å²) in [5.41, 5.74) is 3.22. The van der Waals surface area contributed by atoms with E-state index in [2.05, 4.69) is 27.7 Å². The fourth-order valence-electron chi connectivity index (χ4n) is 4.44. The molecule has 3 aromatic rings. The Balaban J connectivity index is 1.24. The molecule has 4 heterocycles. The Morgan fingerprint density at radius 3 is 2.56 bits per heavy atom. The number of benzene rings is 1. The summed E-state index contributed by atoms with van der Waals surface area (Å²) >= 11 is 3.05. The summed E-state index contributed by atoms with van der Waals surface area (Å²) in [5, 5.41) is 7.05. The van der Waals surface area contributed by atoms with Crippen molar-refractivity contribution in [3.8, 4) is 0 Å². The number of para-hydroxylation sites is 2. The van der Waals surface area contributed by atoms with Crippen LogP contribution in [0.5, 0.6) is 0 Å². The van der Waals surface area contributed by atoms with Gasteiger partial charge in [-0.2, -0.15) is 4.31 Å². The molecule has 168 valence electrons. The Hall–Kier alpha value is -2.20. The molecule has 9 heteroatoms.